The van der Waals surface area contributed by atoms with E-state index < -0.39 is 44.1 Å². The second-order valence-electron chi connectivity index (χ2n) is 11.6. The number of hydrogen-bond acceptors (Lipinski definition) is 16. The summed E-state index contributed by atoms with van der Waals surface area (Å²) in [6, 6.07) is 18.5. The van der Waals surface area contributed by atoms with E-state index in [0.29, 0.717) is 44.0 Å². The van der Waals surface area contributed by atoms with Crippen LogP contribution >= 0.6 is 63.7 Å². The van der Waals surface area contributed by atoms with Crippen LogP contribution in [0.5, 0.6) is 0 Å². The number of nitro benzene ring substituents is 3. The highest BCUT2D eigenvalue weighted by atomic mass is 79.9. The maximum atomic E-state index is 12.6. The number of carboxylic acids is 1. The standard InChI is InChI=1S/C10H10BrNO4.C9H7BrO.C8H6BrNO4.C6H3BrFNO2.C4H8O2.2CO2/c1-6(10(13)16-2)8-4-3-7(11)5-9(8)12(14)15;10-8-2-1-6-4-9(11)5-7(6)3-8;9-6-2-1-5(3-8(11)12)7(4-6)10(13)14;7-4-1-2-5(8)6(3-4)9(10)11;1-3-4(5)6-2;2*2-1-3/h3-6H,1-2H3;1-3H,4-5H2;1-2,4H,3H2,(H,11,12);1-3H;3H2,1-2H3;;. The van der Waals surface area contributed by atoms with Crippen LogP contribution in [0, 0.1) is 36.2 Å². The zero-order chi connectivity index (χ0) is 49.7. The number of rotatable bonds is 8. The minimum atomic E-state index is -1.09. The third kappa shape index (κ3) is 23.8. The number of ether oxygens (including phenoxy) is 2. The van der Waals surface area contributed by atoms with Gasteiger partial charge in [-0.15, -0.1) is 0 Å². The van der Waals surface area contributed by atoms with E-state index in [0.717, 1.165) is 16.6 Å². The van der Waals surface area contributed by atoms with Crippen LogP contribution in [-0.2, 0) is 67.1 Å². The van der Waals surface area contributed by atoms with Crippen molar-refractivity contribution in [2.75, 3.05) is 14.2 Å². The van der Waals surface area contributed by atoms with Gasteiger partial charge in [-0.3, -0.25) is 49.5 Å². The first kappa shape index (κ1) is 59.9. The zero-order valence-electron chi connectivity index (χ0n) is 33.5. The van der Waals surface area contributed by atoms with E-state index in [1.54, 1.807) is 32.0 Å². The smallest absolute Gasteiger partial charge is 0.373 e. The van der Waals surface area contributed by atoms with Crippen molar-refractivity contribution in [3.8, 4) is 0 Å². The molecular weight excluding hydrogens is 1120 g/mol. The molecule has 4 aromatic rings. The first-order chi connectivity index (χ1) is 30.0. The van der Waals surface area contributed by atoms with Crippen molar-refractivity contribution in [3.63, 3.8) is 0 Å². The second-order valence-corrected chi connectivity index (χ2v) is 15.2. The molecule has 1 atom stereocenters. The quantitative estimate of drug-likeness (QED) is 0.0980. The molecule has 0 amide bonds. The Labute approximate surface area is 395 Å². The molecule has 1 aliphatic carbocycles. The number of fused-ring (bicyclic) bond motifs is 1. The molecule has 0 radical (unpaired) electrons. The Kier molecular flexibility index (Phi) is 30.3. The molecule has 0 aliphatic heterocycles. The van der Waals surface area contributed by atoms with Crippen molar-refractivity contribution in [3.05, 3.63) is 149 Å². The van der Waals surface area contributed by atoms with Gasteiger partial charge in [0.2, 0.25) is 5.82 Å². The van der Waals surface area contributed by atoms with Crippen LogP contribution in [0.25, 0.3) is 0 Å². The summed E-state index contributed by atoms with van der Waals surface area (Å²) < 4.78 is 24.1. The van der Waals surface area contributed by atoms with E-state index >= 15 is 0 Å². The molecule has 1 aliphatic rings. The van der Waals surface area contributed by atoms with Gasteiger partial charge in [0, 0.05) is 66.5 Å². The van der Waals surface area contributed by atoms with E-state index in [9.17, 15) is 53.9 Å². The Hall–Kier alpha value is -6.23. The molecule has 0 saturated heterocycles. The van der Waals surface area contributed by atoms with Gasteiger partial charge in [-0.1, -0.05) is 88.8 Å². The molecule has 1 N–H and O–H groups in total. The molecule has 0 bridgehead atoms. The molecule has 0 saturated carbocycles. The zero-order valence-corrected chi connectivity index (χ0v) is 39.9. The Morgan fingerprint density at radius 2 is 1.12 bits per heavy atom. The SMILES string of the molecule is CCC(=O)OC.COC(=O)C(C)c1ccc(Br)cc1[N+](=O)[O-].O=C(O)Cc1ccc(Br)cc1[N+](=O)[O-].O=C1Cc2ccc(Br)cc2C1.O=C=O.O=C=O.O=[N+]([O-])c1cc(Br)ccc1F. The third-order valence-corrected chi connectivity index (χ3v) is 9.33. The Morgan fingerprint density at radius 3 is 1.55 bits per heavy atom. The molecule has 1 unspecified atom stereocenters. The van der Waals surface area contributed by atoms with Gasteiger partial charge in [0.1, 0.15) is 5.78 Å². The number of methoxy groups -OCH3 is 2. The van der Waals surface area contributed by atoms with Gasteiger partial charge in [0.25, 0.3) is 11.4 Å². The number of aliphatic carboxylic acids is 1. The van der Waals surface area contributed by atoms with Crippen molar-refractivity contribution in [1.29, 1.82) is 0 Å². The number of nitrogens with zero attached hydrogens (tertiary/aromatic N) is 3. The van der Waals surface area contributed by atoms with Gasteiger partial charge in [0.05, 0.1) is 41.3 Å². The highest BCUT2D eigenvalue weighted by molar-refractivity contribution is 9.11. The molecule has 64 heavy (non-hydrogen) atoms. The van der Waals surface area contributed by atoms with Crippen molar-refractivity contribution < 1.29 is 72.1 Å². The molecule has 0 aromatic heterocycles. The van der Waals surface area contributed by atoms with Crippen molar-refractivity contribution >= 4 is 117 Å². The average Bonchev–Trinajstić information content (AvgIpc) is 3.61. The lowest BCUT2D eigenvalue weighted by Gasteiger charge is -2.09. The van der Waals surface area contributed by atoms with E-state index in [1.807, 2.05) is 18.2 Å². The summed E-state index contributed by atoms with van der Waals surface area (Å²) in [5.41, 5.74) is 2.14. The van der Waals surface area contributed by atoms with Gasteiger partial charge in [-0.05, 0) is 54.4 Å². The number of carbonyl (C=O) groups is 4. The Bertz CT molecular complexity index is 2340. The van der Waals surface area contributed by atoms with Crippen LogP contribution in [0.1, 0.15) is 48.4 Å². The van der Waals surface area contributed by atoms with Crippen molar-refractivity contribution in [2.24, 2.45) is 0 Å². The maximum absolute atomic E-state index is 12.6. The lowest BCUT2D eigenvalue weighted by Crippen LogP contribution is -2.12. The highest BCUT2D eigenvalue weighted by Gasteiger charge is 2.25. The largest absolute Gasteiger partial charge is 0.481 e. The van der Waals surface area contributed by atoms with Crippen molar-refractivity contribution in [1.82, 2.24) is 0 Å². The predicted octanol–water partition coefficient (Wildman–Crippen LogP) is 8.63. The molecule has 0 spiro atoms. The normalized spacial score (nSPS) is 10.4. The lowest BCUT2D eigenvalue weighted by atomic mass is 9.99. The Morgan fingerprint density at radius 1 is 0.703 bits per heavy atom. The van der Waals surface area contributed by atoms with Crippen LogP contribution in [0.15, 0.2) is 90.7 Å². The number of nitro groups is 3. The van der Waals surface area contributed by atoms with Crippen LogP contribution in [0.4, 0.5) is 21.5 Å². The minimum absolute atomic E-state index is 0.0905. The number of ketones is 1. The lowest BCUT2D eigenvalue weighted by molar-refractivity contribution is -0.387. The van der Waals surface area contributed by atoms with Crippen LogP contribution in [-0.4, -0.2) is 70.1 Å². The molecular formula is C39H34Br4FN3O17. The number of carbonyl (C=O) groups excluding carboxylic acids is 7. The topological polar surface area (TPSA) is 305 Å². The number of esters is 2. The van der Waals surface area contributed by atoms with E-state index in [-0.39, 0.29) is 41.6 Å². The molecule has 0 heterocycles. The first-order valence-corrected chi connectivity index (χ1v) is 20.3. The van der Waals surface area contributed by atoms with Gasteiger partial charge < -0.3 is 14.6 Å². The summed E-state index contributed by atoms with van der Waals surface area (Å²) in [7, 11) is 2.63. The van der Waals surface area contributed by atoms with E-state index in [2.05, 4.69) is 73.2 Å². The first-order valence-electron chi connectivity index (χ1n) is 17.1. The van der Waals surface area contributed by atoms with Gasteiger partial charge >= 0.3 is 35.9 Å². The van der Waals surface area contributed by atoms with Gasteiger partial charge in [0.15, 0.2) is 0 Å². The summed E-state index contributed by atoms with van der Waals surface area (Å²) in [5.74, 6) is -2.88. The second kappa shape index (κ2) is 32.4. The monoisotopic (exact) mass is 1150 g/mol. The van der Waals surface area contributed by atoms with E-state index in [4.69, 9.17) is 24.3 Å². The molecule has 342 valence electrons. The maximum Gasteiger partial charge on any atom is 0.373 e. The van der Waals surface area contributed by atoms with Crippen LogP contribution < -0.4 is 0 Å². The fourth-order valence-electron chi connectivity index (χ4n) is 4.55. The van der Waals surface area contributed by atoms with Gasteiger partial charge in [-0.2, -0.15) is 23.6 Å². The predicted molar refractivity (Wildman–Crippen MR) is 233 cm³/mol. The number of halogens is 5. The summed E-state index contributed by atoms with van der Waals surface area (Å²) in [6.45, 7) is 3.33. The van der Waals surface area contributed by atoms with E-state index in [1.165, 1.54) is 49.6 Å². The number of Topliss-reactive ketones (excluding diaryl/α,β-unsaturated/α-hetero) is 1. The van der Waals surface area contributed by atoms with Crippen LogP contribution in [0.3, 0.4) is 0 Å². The number of carboxylic acid groups (broad SMARTS) is 1. The summed E-state index contributed by atoms with van der Waals surface area (Å²) >= 11 is 12.6. The number of hydrogen-bond donors (Lipinski definition) is 1. The summed E-state index contributed by atoms with van der Waals surface area (Å²) in [6.07, 6.45) is 1.87. The van der Waals surface area contributed by atoms with Gasteiger partial charge in [-0.25, -0.2) is 0 Å². The highest BCUT2D eigenvalue weighted by Crippen LogP contribution is 2.30. The molecule has 4 aromatic carbocycles. The molecule has 20 nitrogen and oxygen atoms in total. The molecule has 25 heteroatoms. The Balaban J connectivity index is 0. The minimum Gasteiger partial charge on any atom is -0.481 e. The number of benzene rings is 4. The fraction of sp³-hybridized carbons (Fsp3) is 0.231. The van der Waals surface area contributed by atoms with Crippen LogP contribution in [0.2, 0.25) is 0 Å². The molecule has 5 rings (SSSR count). The molecule has 0 fully saturated rings. The third-order valence-electron chi connectivity index (χ3n) is 7.36. The van der Waals surface area contributed by atoms with Crippen molar-refractivity contribution in [2.45, 2.75) is 45.4 Å². The average molecular weight is 1160 g/mol. The summed E-state index contributed by atoms with van der Waals surface area (Å²) in [5, 5.41) is 40.0. The summed E-state index contributed by atoms with van der Waals surface area (Å²) in [4.78, 5) is 105. The fourth-order valence-corrected chi connectivity index (χ4v) is 6.01.